The highest BCUT2D eigenvalue weighted by Crippen LogP contribution is 2.10. The normalized spacial score (nSPS) is 12.1. The average molecular weight is 243 g/mol. The van der Waals surface area contributed by atoms with E-state index in [9.17, 15) is 8.78 Å². The van der Waals surface area contributed by atoms with E-state index in [0.29, 0.717) is 18.7 Å². The third-order valence-electron chi connectivity index (χ3n) is 2.29. The summed E-state index contributed by atoms with van der Waals surface area (Å²) in [5.74, 6) is -1.16. The van der Waals surface area contributed by atoms with Gasteiger partial charge in [0, 0.05) is 12.6 Å². The van der Waals surface area contributed by atoms with Crippen LogP contribution in [0.25, 0.3) is 0 Å². The van der Waals surface area contributed by atoms with Crippen LogP contribution in [0.5, 0.6) is 0 Å². The van der Waals surface area contributed by atoms with Crippen LogP contribution >= 0.6 is 0 Å². The highest BCUT2D eigenvalue weighted by atomic mass is 19.1. The van der Waals surface area contributed by atoms with Crippen molar-refractivity contribution in [3.8, 4) is 0 Å². The second-order valence-corrected chi connectivity index (χ2v) is 3.67. The minimum absolute atomic E-state index is 0.0590. The summed E-state index contributed by atoms with van der Waals surface area (Å²) in [5.41, 5.74) is 5.88. The van der Waals surface area contributed by atoms with Gasteiger partial charge in [-0.05, 0) is 24.2 Å². The average Bonchev–Trinajstić information content (AvgIpc) is 2.26. The third-order valence-corrected chi connectivity index (χ3v) is 2.29. The summed E-state index contributed by atoms with van der Waals surface area (Å²) >= 11 is 0. The summed E-state index contributed by atoms with van der Waals surface area (Å²) in [6.07, 6.45) is 0. The van der Waals surface area contributed by atoms with Gasteiger partial charge in [0.05, 0.1) is 6.54 Å². The molecule has 0 saturated carbocycles. The van der Waals surface area contributed by atoms with E-state index in [-0.39, 0.29) is 12.4 Å². The van der Waals surface area contributed by atoms with Crippen LogP contribution in [0, 0.1) is 11.6 Å². The van der Waals surface area contributed by atoms with Crippen LogP contribution in [0.4, 0.5) is 8.78 Å². The summed E-state index contributed by atoms with van der Waals surface area (Å²) in [5, 5.41) is 11.3. The quantitative estimate of drug-likeness (QED) is 0.357. The summed E-state index contributed by atoms with van der Waals surface area (Å²) in [6.45, 7) is 3.07. The highest BCUT2D eigenvalue weighted by molar-refractivity contribution is 5.81. The van der Waals surface area contributed by atoms with Crippen molar-refractivity contribution < 1.29 is 14.0 Å². The molecule has 3 N–H and O–H groups in total. The Morgan fingerprint density at radius 1 is 1.35 bits per heavy atom. The molecule has 0 amide bonds. The van der Waals surface area contributed by atoms with Gasteiger partial charge in [-0.15, -0.1) is 0 Å². The largest absolute Gasteiger partial charge is 0.409 e. The molecular weight excluding hydrogens is 228 g/mol. The van der Waals surface area contributed by atoms with Crippen LogP contribution in [0.3, 0.4) is 0 Å². The van der Waals surface area contributed by atoms with Crippen LogP contribution in [-0.2, 0) is 6.54 Å². The molecule has 0 unspecified atom stereocenters. The SMILES string of the molecule is CCN(C/C(N)=N/O)Cc1cc(F)cc(F)c1. The van der Waals surface area contributed by atoms with E-state index in [0.717, 1.165) is 6.07 Å². The maximum absolute atomic E-state index is 13.0. The van der Waals surface area contributed by atoms with Crippen molar-refractivity contribution in [3.05, 3.63) is 35.4 Å². The molecule has 0 saturated heterocycles. The molecule has 1 aromatic rings. The molecule has 6 heteroatoms. The van der Waals surface area contributed by atoms with Crippen LogP contribution in [0.15, 0.2) is 23.4 Å². The number of oxime groups is 1. The van der Waals surface area contributed by atoms with Gasteiger partial charge in [-0.3, -0.25) is 4.90 Å². The minimum atomic E-state index is -0.611. The monoisotopic (exact) mass is 243 g/mol. The lowest BCUT2D eigenvalue weighted by molar-refractivity contribution is 0.294. The van der Waals surface area contributed by atoms with E-state index in [1.807, 2.05) is 6.92 Å². The summed E-state index contributed by atoms with van der Waals surface area (Å²) in [7, 11) is 0. The molecule has 4 nitrogen and oxygen atoms in total. The van der Waals surface area contributed by atoms with E-state index in [4.69, 9.17) is 10.9 Å². The summed E-state index contributed by atoms with van der Waals surface area (Å²) < 4.78 is 25.9. The molecule has 0 spiro atoms. The second-order valence-electron chi connectivity index (χ2n) is 3.67. The summed E-state index contributed by atoms with van der Waals surface area (Å²) in [4.78, 5) is 1.79. The van der Waals surface area contributed by atoms with Crippen LogP contribution in [0.2, 0.25) is 0 Å². The molecule has 0 heterocycles. The Bertz CT molecular complexity index is 389. The molecule has 0 aliphatic rings. The first kappa shape index (κ1) is 13.4. The minimum Gasteiger partial charge on any atom is -0.409 e. The van der Waals surface area contributed by atoms with Gasteiger partial charge in [-0.2, -0.15) is 0 Å². The van der Waals surface area contributed by atoms with Crippen molar-refractivity contribution in [2.45, 2.75) is 13.5 Å². The number of halogens is 2. The van der Waals surface area contributed by atoms with Crippen molar-refractivity contribution in [2.75, 3.05) is 13.1 Å². The molecule has 0 aliphatic heterocycles. The lowest BCUT2D eigenvalue weighted by Crippen LogP contribution is -2.33. The molecular formula is C11H15F2N3O. The van der Waals surface area contributed by atoms with Gasteiger partial charge >= 0.3 is 0 Å². The van der Waals surface area contributed by atoms with E-state index < -0.39 is 11.6 Å². The highest BCUT2D eigenvalue weighted by Gasteiger charge is 2.08. The van der Waals surface area contributed by atoms with Gasteiger partial charge in [0.15, 0.2) is 5.84 Å². The van der Waals surface area contributed by atoms with E-state index in [1.165, 1.54) is 12.1 Å². The van der Waals surface area contributed by atoms with Crippen LogP contribution in [-0.4, -0.2) is 29.0 Å². The Morgan fingerprint density at radius 2 is 1.94 bits per heavy atom. The molecule has 0 aromatic heterocycles. The Hall–Kier alpha value is -1.69. The Balaban J connectivity index is 2.73. The first-order chi connectivity index (χ1) is 8.05. The maximum Gasteiger partial charge on any atom is 0.153 e. The molecule has 0 bridgehead atoms. The molecule has 1 aromatic carbocycles. The molecule has 0 fully saturated rings. The zero-order valence-electron chi connectivity index (χ0n) is 9.53. The topological polar surface area (TPSA) is 61.8 Å². The fourth-order valence-corrected chi connectivity index (χ4v) is 1.50. The van der Waals surface area contributed by atoms with Gasteiger partial charge in [0.25, 0.3) is 0 Å². The van der Waals surface area contributed by atoms with Gasteiger partial charge in [-0.25, -0.2) is 8.78 Å². The second kappa shape index (κ2) is 6.15. The van der Waals surface area contributed by atoms with Gasteiger partial charge < -0.3 is 10.9 Å². The zero-order chi connectivity index (χ0) is 12.8. The van der Waals surface area contributed by atoms with Crippen LogP contribution < -0.4 is 5.73 Å². The molecule has 0 radical (unpaired) electrons. The van der Waals surface area contributed by atoms with E-state index in [1.54, 1.807) is 4.90 Å². The number of hydrogen-bond acceptors (Lipinski definition) is 3. The lowest BCUT2D eigenvalue weighted by atomic mass is 10.2. The smallest absolute Gasteiger partial charge is 0.153 e. The number of nitrogens with two attached hydrogens (primary N) is 1. The van der Waals surface area contributed by atoms with Crippen molar-refractivity contribution >= 4 is 5.84 Å². The van der Waals surface area contributed by atoms with Gasteiger partial charge in [-0.1, -0.05) is 12.1 Å². The van der Waals surface area contributed by atoms with Gasteiger partial charge in [0.1, 0.15) is 11.6 Å². The number of rotatable bonds is 5. The number of benzene rings is 1. The Kier molecular flexibility index (Phi) is 4.84. The van der Waals surface area contributed by atoms with Crippen molar-refractivity contribution in [1.29, 1.82) is 0 Å². The molecule has 94 valence electrons. The fraction of sp³-hybridized carbons (Fsp3) is 0.364. The molecule has 0 aliphatic carbocycles. The number of likely N-dealkylation sites (N-methyl/N-ethyl adjacent to an activating group) is 1. The Labute approximate surface area is 98.3 Å². The number of nitrogens with zero attached hydrogens (tertiary/aromatic N) is 2. The number of hydrogen-bond donors (Lipinski definition) is 2. The molecule has 17 heavy (non-hydrogen) atoms. The predicted molar refractivity (Wildman–Crippen MR) is 60.7 cm³/mol. The first-order valence-electron chi connectivity index (χ1n) is 5.19. The Morgan fingerprint density at radius 3 is 2.41 bits per heavy atom. The standard InChI is InChI=1S/C11H15F2N3O/c1-2-16(7-11(14)15-17)6-8-3-9(12)5-10(13)4-8/h3-5,17H,2,6-7H2,1H3,(H2,14,15). The van der Waals surface area contributed by atoms with Crippen molar-refractivity contribution in [3.63, 3.8) is 0 Å². The number of amidine groups is 1. The molecule has 0 atom stereocenters. The lowest BCUT2D eigenvalue weighted by Gasteiger charge is -2.19. The zero-order valence-corrected chi connectivity index (χ0v) is 9.53. The van der Waals surface area contributed by atoms with Crippen LogP contribution in [0.1, 0.15) is 12.5 Å². The van der Waals surface area contributed by atoms with E-state index in [2.05, 4.69) is 5.16 Å². The van der Waals surface area contributed by atoms with Crippen molar-refractivity contribution in [1.82, 2.24) is 4.90 Å². The van der Waals surface area contributed by atoms with E-state index >= 15 is 0 Å². The molecule has 1 rings (SSSR count). The summed E-state index contributed by atoms with van der Waals surface area (Å²) in [6, 6.07) is 3.35. The van der Waals surface area contributed by atoms with Crippen molar-refractivity contribution in [2.24, 2.45) is 10.9 Å². The predicted octanol–water partition coefficient (Wildman–Crippen LogP) is 1.53. The third kappa shape index (κ3) is 4.36. The first-order valence-corrected chi connectivity index (χ1v) is 5.19. The maximum atomic E-state index is 13.0. The van der Waals surface area contributed by atoms with Gasteiger partial charge in [0.2, 0.25) is 0 Å². The fourth-order valence-electron chi connectivity index (χ4n) is 1.50.